The largest absolute Gasteiger partial charge is 0.273 e. The highest BCUT2D eigenvalue weighted by molar-refractivity contribution is 8.06. The van der Waals surface area contributed by atoms with Crippen LogP contribution >= 0.6 is 11.8 Å². The van der Waals surface area contributed by atoms with E-state index in [4.69, 9.17) is 0 Å². The van der Waals surface area contributed by atoms with Crippen molar-refractivity contribution in [3.8, 4) is 0 Å². The van der Waals surface area contributed by atoms with Crippen LogP contribution in [-0.4, -0.2) is 34.3 Å². The van der Waals surface area contributed by atoms with E-state index in [1.54, 1.807) is 36.0 Å². The lowest BCUT2D eigenvalue weighted by atomic mass is 10.1. The molecule has 1 fully saturated rings. The zero-order chi connectivity index (χ0) is 10.4. The Kier molecular flexibility index (Phi) is 1.85. The van der Waals surface area contributed by atoms with Crippen molar-refractivity contribution >= 4 is 23.6 Å². The summed E-state index contributed by atoms with van der Waals surface area (Å²) < 4.78 is 0. The molecule has 0 saturated carbocycles. The first kappa shape index (κ1) is 8.97. The van der Waals surface area contributed by atoms with Gasteiger partial charge >= 0.3 is 0 Å². The van der Waals surface area contributed by atoms with Crippen molar-refractivity contribution in [3.05, 3.63) is 35.4 Å². The quantitative estimate of drug-likeness (QED) is 0.557. The summed E-state index contributed by atoms with van der Waals surface area (Å²) in [5, 5.41) is 0.465. The molecule has 2 heterocycles. The minimum absolute atomic E-state index is 0.136. The van der Waals surface area contributed by atoms with E-state index < -0.39 is 0 Å². The highest BCUT2D eigenvalue weighted by atomic mass is 32.2. The van der Waals surface area contributed by atoms with Crippen molar-refractivity contribution in [3.63, 3.8) is 0 Å². The van der Waals surface area contributed by atoms with Gasteiger partial charge in [-0.2, -0.15) is 11.8 Å². The molecule has 0 aromatic heterocycles. The minimum Gasteiger partial charge on any atom is -0.273 e. The van der Waals surface area contributed by atoms with E-state index in [-0.39, 0.29) is 11.8 Å². The minimum atomic E-state index is -0.136. The number of amides is 2. The van der Waals surface area contributed by atoms with Gasteiger partial charge in [-0.15, -0.1) is 0 Å². The SMILES string of the molecule is O=C1c2ccccc2C(=O)N1C[C@H]1CS1. The standard InChI is InChI=1S/C11H9NO2S/c13-10-8-3-1-2-4-9(8)11(14)12(10)5-7-6-15-7/h1-4,7H,5-6H2/t7-/m0/s1. The Morgan fingerprint density at radius 2 is 1.73 bits per heavy atom. The molecule has 3 rings (SSSR count). The maximum atomic E-state index is 11.9. The van der Waals surface area contributed by atoms with Gasteiger partial charge in [-0.05, 0) is 12.1 Å². The summed E-state index contributed by atoms with van der Waals surface area (Å²) in [6, 6.07) is 7.02. The van der Waals surface area contributed by atoms with Gasteiger partial charge in [0.15, 0.2) is 0 Å². The van der Waals surface area contributed by atoms with Crippen molar-refractivity contribution in [2.75, 3.05) is 12.3 Å². The van der Waals surface area contributed by atoms with Crippen LogP contribution < -0.4 is 0 Å². The summed E-state index contributed by atoms with van der Waals surface area (Å²) in [4.78, 5) is 25.1. The number of nitrogens with zero attached hydrogens (tertiary/aromatic N) is 1. The zero-order valence-electron chi connectivity index (χ0n) is 7.97. The lowest BCUT2D eigenvalue weighted by molar-refractivity contribution is 0.0659. The molecule has 4 heteroatoms. The fourth-order valence-electron chi connectivity index (χ4n) is 1.78. The first-order chi connectivity index (χ1) is 7.27. The smallest absolute Gasteiger partial charge is 0.261 e. The molecule has 0 spiro atoms. The number of benzene rings is 1. The second kappa shape index (κ2) is 3.10. The van der Waals surface area contributed by atoms with Crippen LogP contribution in [0.4, 0.5) is 0 Å². The number of imide groups is 1. The van der Waals surface area contributed by atoms with E-state index in [1.165, 1.54) is 4.90 Å². The predicted octanol–water partition coefficient (Wildman–Crippen LogP) is 1.40. The van der Waals surface area contributed by atoms with Crippen LogP contribution in [0.25, 0.3) is 0 Å². The van der Waals surface area contributed by atoms with Gasteiger partial charge in [0.05, 0.1) is 11.1 Å². The molecule has 0 aliphatic carbocycles. The second-order valence-electron chi connectivity index (χ2n) is 3.72. The molecule has 1 aromatic rings. The van der Waals surface area contributed by atoms with Crippen molar-refractivity contribution < 1.29 is 9.59 Å². The van der Waals surface area contributed by atoms with Gasteiger partial charge in [-0.1, -0.05) is 12.1 Å². The molecule has 1 saturated heterocycles. The third-order valence-corrected chi connectivity index (χ3v) is 3.62. The van der Waals surface area contributed by atoms with E-state index >= 15 is 0 Å². The van der Waals surface area contributed by atoms with Crippen molar-refractivity contribution in [2.24, 2.45) is 0 Å². The Bertz CT molecular complexity index is 419. The highest BCUT2D eigenvalue weighted by Gasteiger charge is 2.38. The third-order valence-electron chi connectivity index (χ3n) is 2.67. The Morgan fingerprint density at radius 1 is 1.20 bits per heavy atom. The van der Waals surface area contributed by atoms with Crippen molar-refractivity contribution in [1.82, 2.24) is 4.90 Å². The number of carbonyl (C=O) groups excluding carboxylic acids is 2. The molecular weight excluding hydrogens is 210 g/mol. The summed E-state index contributed by atoms with van der Waals surface area (Å²) in [5.41, 5.74) is 1.10. The van der Waals surface area contributed by atoms with Gasteiger partial charge < -0.3 is 0 Å². The Balaban J connectivity index is 1.96. The topological polar surface area (TPSA) is 37.4 Å². The Morgan fingerprint density at radius 3 is 2.20 bits per heavy atom. The number of thioether (sulfide) groups is 1. The number of hydrogen-bond donors (Lipinski definition) is 0. The van der Waals surface area contributed by atoms with Crippen LogP contribution in [0.2, 0.25) is 0 Å². The molecule has 0 radical (unpaired) electrons. The first-order valence-corrected chi connectivity index (χ1v) is 5.89. The molecule has 15 heavy (non-hydrogen) atoms. The van der Waals surface area contributed by atoms with Crippen LogP contribution in [0.1, 0.15) is 20.7 Å². The monoisotopic (exact) mass is 219 g/mol. The molecule has 0 N–H and O–H groups in total. The average molecular weight is 219 g/mol. The third kappa shape index (κ3) is 1.36. The lowest BCUT2D eigenvalue weighted by Crippen LogP contribution is -2.32. The summed E-state index contributed by atoms with van der Waals surface area (Å²) >= 11 is 1.79. The predicted molar refractivity (Wildman–Crippen MR) is 58.1 cm³/mol. The summed E-state index contributed by atoms with van der Waals surface area (Å²) in [5.74, 6) is 0.791. The second-order valence-corrected chi connectivity index (χ2v) is 5.06. The summed E-state index contributed by atoms with van der Waals surface area (Å²) in [6.45, 7) is 0.566. The number of fused-ring (bicyclic) bond motifs is 1. The fraction of sp³-hybridized carbons (Fsp3) is 0.273. The van der Waals surface area contributed by atoms with Gasteiger partial charge in [0.1, 0.15) is 0 Å². The average Bonchev–Trinajstić information content (AvgIpc) is 3.04. The van der Waals surface area contributed by atoms with Crippen LogP contribution in [0, 0.1) is 0 Å². The Labute approximate surface area is 91.5 Å². The fourth-order valence-corrected chi connectivity index (χ4v) is 2.28. The van der Waals surface area contributed by atoms with Gasteiger partial charge in [-0.3, -0.25) is 14.5 Å². The van der Waals surface area contributed by atoms with Crippen LogP contribution in [-0.2, 0) is 0 Å². The first-order valence-electron chi connectivity index (χ1n) is 4.84. The highest BCUT2D eigenvalue weighted by Crippen LogP contribution is 2.33. The molecule has 1 aromatic carbocycles. The number of rotatable bonds is 2. The molecular formula is C11H9NO2S. The maximum absolute atomic E-state index is 11.9. The Hall–Kier alpha value is -1.29. The van der Waals surface area contributed by atoms with E-state index in [1.807, 2.05) is 0 Å². The van der Waals surface area contributed by atoms with Gasteiger partial charge in [0, 0.05) is 17.5 Å². The molecule has 2 aliphatic heterocycles. The number of carbonyl (C=O) groups is 2. The van der Waals surface area contributed by atoms with Gasteiger partial charge in [0.25, 0.3) is 11.8 Å². The molecule has 1 atom stereocenters. The molecule has 3 nitrogen and oxygen atoms in total. The molecule has 2 amide bonds. The van der Waals surface area contributed by atoms with Crippen LogP contribution in [0.15, 0.2) is 24.3 Å². The zero-order valence-corrected chi connectivity index (χ0v) is 8.79. The van der Waals surface area contributed by atoms with Crippen molar-refractivity contribution in [1.29, 1.82) is 0 Å². The molecule has 0 bridgehead atoms. The van der Waals surface area contributed by atoms with Crippen LogP contribution in [0.5, 0.6) is 0 Å². The van der Waals surface area contributed by atoms with E-state index in [2.05, 4.69) is 0 Å². The van der Waals surface area contributed by atoms with E-state index in [0.29, 0.717) is 22.9 Å². The molecule has 76 valence electrons. The van der Waals surface area contributed by atoms with E-state index in [0.717, 1.165) is 5.75 Å². The van der Waals surface area contributed by atoms with Gasteiger partial charge in [0.2, 0.25) is 0 Å². The van der Waals surface area contributed by atoms with E-state index in [9.17, 15) is 9.59 Å². The van der Waals surface area contributed by atoms with Crippen molar-refractivity contribution in [2.45, 2.75) is 5.25 Å². The summed E-state index contributed by atoms with van der Waals surface area (Å²) in [7, 11) is 0. The van der Waals surface area contributed by atoms with Gasteiger partial charge in [-0.25, -0.2) is 0 Å². The summed E-state index contributed by atoms with van der Waals surface area (Å²) in [6.07, 6.45) is 0. The number of hydrogen-bond acceptors (Lipinski definition) is 3. The lowest BCUT2D eigenvalue weighted by Gasteiger charge is -2.11. The molecule has 2 aliphatic rings. The molecule has 0 unspecified atom stereocenters. The van der Waals surface area contributed by atoms with Crippen LogP contribution in [0.3, 0.4) is 0 Å². The normalized spacial score (nSPS) is 23.2. The maximum Gasteiger partial charge on any atom is 0.261 e.